The summed E-state index contributed by atoms with van der Waals surface area (Å²) in [7, 11) is 0. The van der Waals surface area contributed by atoms with E-state index in [4.69, 9.17) is 0 Å². The number of ketones is 2. The van der Waals surface area contributed by atoms with Crippen molar-refractivity contribution in [3.8, 4) is 0 Å². The monoisotopic (exact) mass is 458 g/mol. The van der Waals surface area contributed by atoms with Crippen LogP contribution in [-0.4, -0.2) is 27.9 Å². The highest BCUT2D eigenvalue weighted by Crippen LogP contribution is 2.65. The zero-order chi connectivity index (χ0) is 23.8. The number of carbonyl (C=O) groups excluding carboxylic acids is 2. The van der Waals surface area contributed by atoms with Gasteiger partial charge in [-0.1, -0.05) is 84.9 Å². The molecule has 4 aromatic carbocycles. The number of fused-ring (bicyclic) bond motifs is 4. The summed E-state index contributed by atoms with van der Waals surface area (Å²) in [6.07, 6.45) is 0. The average Bonchev–Trinajstić information content (AvgIpc) is 3.41. The fourth-order valence-electron chi connectivity index (χ4n) is 6.53. The number of aliphatic hydroxyl groups is 1. The predicted octanol–water partition coefficient (Wildman–Crippen LogP) is 4.96. The fourth-order valence-corrected chi connectivity index (χ4v) is 6.53. The first kappa shape index (κ1) is 20.2. The Kier molecular flexibility index (Phi) is 3.98. The number of hydrogen-bond donors (Lipinski definition) is 2. The molecule has 4 atom stereocenters. The molecule has 5 heteroatoms. The second kappa shape index (κ2) is 6.90. The molecule has 0 amide bonds. The van der Waals surface area contributed by atoms with E-state index in [0.29, 0.717) is 22.5 Å². The summed E-state index contributed by atoms with van der Waals surface area (Å²) in [5, 5.41) is 16.1. The Balaban J connectivity index is 1.60. The molecule has 7 rings (SSSR count). The van der Waals surface area contributed by atoms with E-state index in [1.54, 1.807) is 11.0 Å². The number of para-hydroxylation sites is 2. The minimum atomic E-state index is -1.95. The average molecular weight is 459 g/mol. The lowest BCUT2D eigenvalue weighted by Crippen LogP contribution is -2.54. The van der Waals surface area contributed by atoms with Crippen LogP contribution in [0.25, 0.3) is 0 Å². The topological polar surface area (TPSA) is 69.6 Å². The van der Waals surface area contributed by atoms with Gasteiger partial charge in [-0.25, -0.2) is 0 Å². The number of hydrogen-bond acceptors (Lipinski definition) is 5. The quantitative estimate of drug-likeness (QED) is 0.444. The molecule has 0 saturated carbocycles. The number of Topliss-reactive ketones (excluding diaryl/α,β-unsaturated/α-hetero) is 2. The van der Waals surface area contributed by atoms with Crippen LogP contribution in [0.5, 0.6) is 0 Å². The highest BCUT2D eigenvalue weighted by atomic mass is 16.3. The number of anilines is 2. The van der Waals surface area contributed by atoms with Crippen molar-refractivity contribution in [3.63, 3.8) is 0 Å². The maximum atomic E-state index is 14.5. The lowest BCUT2D eigenvalue weighted by molar-refractivity contribution is 0.0278. The summed E-state index contributed by atoms with van der Waals surface area (Å²) in [4.78, 5) is 30.3. The minimum Gasteiger partial charge on any atom is -0.369 e. The van der Waals surface area contributed by atoms with Gasteiger partial charge in [-0.2, -0.15) is 0 Å². The number of carbonyl (C=O) groups is 2. The molecule has 0 aromatic heterocycles. The SMILES string of the molecule is O=C1c2ccccc2N[C@]12[C@@H](c1ccccc1)N1c3ccccc3C(=O)[C@]1(O)[C@H]2c1ccccc1. The van der Waals surface area contributed by atoms with E-state index >= 15 is 0 Å². The van der Waals surface area contributed by atoms with Crippen LogP contribution in [-0.2, 0) is 0 Å². The molecule has 3 heterocycles. The van der Waals surface area contributed by atoms with E-state index in [1.807, 2.05) is 103 Å². The lowest BCUT2D eigenvalue weighted by atomic mass is 9.69. The van der Waals surface area contributed by atoms with Crippen LogP contribution < -0.4 is 10.2 Å². The molecular formula is C30H22N2O3. The van der Waals surface area contributed by atoms with Crippen LogP contribution in [0.4, 0.5) is 11.4 Å². The molecule has 1 saturated heterocycles. The van der Waals surface area contributed by atoms with Gasteiger partial charge in [0.15, 0.2) is 5.78 Å². The number of nitrogens with one attached hydrogen (secondary N) is 1. The van der Waals surface area contributed by atoms with Crippen molar-refractivity contribution in [3.05, 3.63) is 131 Å². The molecule has 1 spiro atoms. The van der Waals surface area contributed by atoms with Gasteiger partial charge in [-0.15, -0.1) is 0 Å². The summed E-state index contributed by atoms with van der Waals surface area (Å²) in [5.41, 5.74) is 0.716. The van der Waals surface area contributed by atoms with Gasteiger partial charge in [0.1, 0.15) is 5.54 Å². The Hall–Kier alpha value is -4.22. The molecule has 35 heavy (non-hydrogen) atoms. The second-order valence-electron chi connectivity index (χ2n) is 9.47. The van der Waals surface area contributed by atoms with Gasteiger partial charge in [-0.3, -0.25) is 9.59 Å². The maximum Gasteiger partial charge on any atom is 0.218 e. The van der Waals surface area contributed by atoms with Crippen LogP contribution >= 0.6 is 0 Å². The molecule has 1 fully saturated rings. The Morgan fingerprint density at radius 2 is 1.23 bits per heavy atom. The number of rotatable bonds is 2. The summed E-state index contributed by atoms with van der Waals surface area (Å²) in [6.45, 7) is 0. The van der Waals surface area contributed by atoms with Crippen LogP contribution in [0, 0.1) is 0 Å². The van der Waals surface area contributed by atoms with E-state index in [-0.39, 0.29) is 11.6 Å². The molecule has 0 bridgehead atoms. The maximum absolute atomic E-state index is 14.5. The third-order valence-corrected chi connectivity index (χ3v) is 7.79. The van der Waals surface area contributed by atoms with E-state index in [2.05, 4.69) is 5.32 Å². The van der Waals surface area contributed by atoms with Crippen LogP contribution in [0.15, 0.2) is 109 Å². The minimum absolute atomic E-state index is 0.121. The molecule has 3 aliphatic heterocycles. The first-order valence-corrected chi connectivity index (χ1v) is 11.8. The molecule has 170 valence electrons. The second-order valence-corrected chi connectivity index (χ2v) is 9.47. The Morgan fingerprint density at radius 3 is 1.91 bits per heavy atom. The van der Waals surface area contributed by atoms with Crippen LogP contribution in [0.2, 0.25) is 0 Å². The van der Waals surface area contributed by atoms with Gasteiger partial charge in [0.2, 0.25) is 11.5 Å². The van der Waals surface area contributed by atoms with Crippen molar-refractivity contribution in [2.45, 2.75) is 23.2 Å². The predicted molar refractivity (Wildman–Crippen MR) is 134 cm³/mol. The Bertz CT molecular complexity index is 1500. The largest absolute Gasteiger partial charge is 0.369 e. The third kappa shape index (κ3) is 2.36. The van der Waals surface area contributed by atoms with Crippen molar-refractivity contribution >= 4 is 22.9 Å². The van der Waals surface area contributed by atoms with E-state index in [9.17, 15) is 14.7 Å². The molecule has 2 N–H and O–H groups in total. The van der Waals surface area contributed by atoms with E-state index in [1.165, 1.54) is 0 Å². The summed E-state index contributed by atoms with van der Waals surface area (Å²) in [5.74, 6) is -1.37. The van der Waals surface area contributed by atoms with Crippen molar-refractivity contribution in [1.29, 1.82) is 0 Å². The fraction of sp³-hybridized carbons (Fsp3) is 0.133. The van der Waals surface area contributed by atoms with Gasteiger partial charge < -0.3 is 15.3 Å². The smallest absolute Gasteiger partial charge is 0.218 e. The molecule has 0 radical (unpaired) electrons. The summed E-state index contributed by atoms with van der Waals surface area (Å²) < 4.78 is 0. The van der Waals surface area contributed by atoms with Gasteiger partial charge >= 0.3 is 0 Å². The van der Waals surface area contributed by atoms with Crippen molar-refractivity contribution in [2.75, 3.05) is 10.2 Å². The van der Waals surface area contributed by atoms with E-state index in [0.717, 1.165) is 11.1 Å². The molecular weight excluding hydrogens is 436 g/mol. The first-order valence-electron chi connectivity index (χ1n) is 11.8. The molecule has 4 aromatic rings. The van der Waals surface area contributed by atoms with Gasteiger partial charge in [-0.05, 0) is 35.4 Å². The highest BCUT2D eigenvalue weighted by molar-refractivity contribution is 6.21. The van der Waals surface area contributed by atoms with Gasteiger partial charge in [0.05, 0.1) is 17.6 Å². The molecule has 0 unspecified atom stereocenters. The molecule has 5 nitrogen and oxygen atoms in total. The lowest BCUT2D eigenvalue weighted by Gasteiger charge is -2.37. The van der Waals surface area contributed by atoms with Crippen molar-refractivity contribution in [2.24, 2.45) is 0 Å². The molecule has 3 aliphatic rings. The van der Waals surface area contributed by atoms with E-state index < -0.39 is 23.2 Å². The van der Waals surface area contributed by atoms with Gasteiger partial charge in [0, 0.05) is 16.8 Å². The van der Waals surface area contributed by atoms with Crippen molar-refractivity contribution < 1.29 is 14.7 Å². The Labute approximate surface area is 202 Å². The summed E-state index contributed by atoms with van der Waals surface area (Å²) in [6, 6.07) is 33.2. The standard InChI is InChI=1S/C30H22N2O3/c33-27-21-15-7-9-17-23(21)31-29(27)25(19-11-3-1-4-12-19)30(35)28(34)22-16-8-10-18-24(22)32(30)26(29)20-13-5-2-6-14-20/h1-18,25-26,31,35H/t25-,26+,29+,30+/m0/s1. The zero-order valence-electron chi connectivity index (χ0n) is 18.8. The molecule has 0 aliphatic carbocycles. The van der Waals surface area contributed by atoms with Crippen molar-refractivity contribution in [1.82, 2.24) is 0 Å². The van der Waals surface area contributed by atoms with Crippen LogP contribution in [0.1, 0.15) is 43.8 Å². The first-order chi connectivity index (χ1) is 17.1. The highest BCUT2D eigenvalue weighted by Gasteiger charge is 2.76. The third-order valence-electron chi connectivity index (χ3n) is 7.79. The van der Waals surface area contributed by atoms with Gasteiger partial charge in [0.25, 0.3) is 0 Å². The number of benzene rings is 4. The Morgan fingerprint density at radius 1 is 0.657 bits per heavy atom. The summed E-state index contributed by atoms with van der Waals surface area (Å²) >= 11 is 0. The zero-order valence-corrected chi connectivity index (χ0v) is 18.8. The van der Waals surface area contributed by atoms with Crippen LogP contribution in [0.3, 0.4) is 0 Å². The number of nitrogens with zero attached hydrogens (tertiary/aromatic N) is 1. The normalized spacial score (nSPS) is 28.1.